The van der Waals surface area contributed by atoms with Crippen LogP contribution in [0.2, 0.25) is 5.02 Å². The SMILES string of the molecule is O=C1N/C(=C\c2ccc(N3CCCC3)c(F)c2)C(=O)N1Cc1ccc(Cl)cc1. The normalized spacial score (nSPS) is 18.3. The molecule has 2 aliphatic rings. The maximum absolute atomic E-state index is 14.5. The van der Waals surface area contributed by atoms with Crippen LogP contribution in [0.4, 0.5) is 14.9 Å². The van der Waals surface area contributed by atoms with Crippen molar-refractivity contribution in [2.45, 2.75) is 19.4 Å². The summed E-state index contributed by atoms with van der Waals surface area (Å²) in [6.07, 6.45) is 3.63. The lowest BCUT2D eigenvalue weighted by Crippen LogP contribution is -2.30. The first-order valence-corrected chi connectivity index (χ1v) is 9.52. The minimum absolute atomic E-state index is 0.132. The molecule has 3 amide bonds. The molecule has 5 nitrogen and oxygen atoms in total. The fourth-order valence-electron chi connectivity index (χ4n) is 3.48. The minimum atomic E-state index is -0.500. The van der Waals surface area contributed by atoms with E-state index in [0.717, 1.165) is 36.4 Å². The predicted octanol–water partition coefficient (Wildman–Crippen LogP) is 4.17. The predicted molar refractivity (Wildman–Crippen MR) is 106 cm³/mol. The average Bonchev–Trinajstić information content (AvgIpc) is 3.28. The molecule has 4 rings (SSSR count). The third-order valence-corrected chi connectivity index (χ3v) is 5.20. The van der Waals surface area contributed by atoms with Gasteiger partial charge in [0.25, 0.3) is 5.91 Å². The number of urea groups is 1. The molecule has 2 heterocycles. The van der Waals surface area contributed by atoms with Gasteiger partial charge in [-0.05, 0) is 54.3 Å². The number of benzene rings is 2. The van der Waals surface area contributed by atoms with E-state index in [-0.39, 0.29) is 18.1 Å². The molecule has 0 spiro atoms. The molecule has 2 fully saturated rings. The van der Waals surface area contributed by atoms with Gasteiger partial charge in [0, 0.05) is 18.1 Å². The van der Waals surface area contributed by atoms with Crippen LogP contribution >= 0.6 is 11.6 Å². The Balaban J connectivity index is 1.52. The third kappa shape index (κ3) is 3.73. The summed E-state index contributed by atoms with van der Waals surface area (Å²) in [7, 11) is 0. The van der Waals surface area contributed by atoms with Crippen molar-refractivity contribution in [3.8, 4) is 0 Å². The van der Waals surface area contributed by atoms with E-state index in [2.05, 4.69) is 5.32 Å². The number of hydrogen-bond donors (Lipinski definition) is 1. The number of carbonyl (C=O) groups is 2. The van der Waals surface area contributed by atoms with Gasteiger partial charge in [-0.1, -0.05) is 29.8 Å². The summed E-state index contributed by atoms with van der Waals surface area (Å²) in [5, 5.41) is 3.15. The smallest absolute Gasteiger partial charge is 0.329 e. The molecule has 2 aromatic carbocycles. The number of anilines is 1. The Bertz CT molecular complexity index is 953. The Labute approximate surface area is 167 Å². The Morgan fingerprint density at radius 3 is 2.46 bits per heavy atom. The van der Waals surface area contributed by atoms with Crippen LogP contribution in [0.15, 0.2) is 48.2 Å². The number of amides is 3. The van der Waals surface area contributed by atoms with Crippen molar-refractivity contribution in [3.05, 3.63) is 70.1 Å². The summed E-state index contributed by atoms with van der Waals surface area (Å²) in [4.78, 5) is 27.9. The maximum atomic E-state index is 14.5. The minimum Gasteiger partial charge on any atom is -0.369 e. The highest BCUT2D eigenvalue weighted by Gasteiger charge is 2.33. The molecule has 2 aromatic rings. The van der Waals surface area contributed by atoms with Gasteiger partial charge in [-0.2, -0.15) is 0 Å². The van der Waals surface area contributed by atoms with Gasteiger partial charge in [0.2, 0.25) is 0 Å². The first kappa shape index (κ1) is 18.5. The van der Waals surface area contributed by atoms with Crippen molar-refractivity contribution in [1.82, 2.24) is 10.2 Å². The molecule has 1 N–H and O–H groups in total. The number of nitrogens with zero attached hydrogens (tertiary/aromatic N) is 2. The van der Waals surface area contributed by atoms with Crippen LogP contribution in [0.5, 0.6) is 0 Å². The van der Waals surface area contributed by atoms with E-state index in [1.165, 1.54) is 12.1 Å². The van der Waals surface area contributed by atoms with E-state index in [0.29, 0.717) is 16.3 Å². The molecule has 0 atom stereocenters. The lowest BCUT2D eigenvalue weighted by atomic mass is 10.1. The average molecular weight is 400 g/mol. The van der Waals surface area contributed by atoms with Crippen LogP contribution in [0, 0.1) is 5.82 Å². The Hall–Kier alpha value is -2.86. The molecule has 7 heteroatoms. The monoisotopic (exact) mass is 399 g/mol. The summed E-state index contributed by atoms with van der Waals surface area (Å²) in [6, 6.07) is 11.3. The molecular formula is C21H19ClFN3O2. The molecule has 0 aliphatic carbocycles. The first-order chi connectivity index (χ1) is 13.5. The number of halogens is 2. The van der Waals surface area contributed by atoms with E-state index < -0.39 is 11.9 Å². The topological polar surface area (TPSA) is 52.7 Å². The summed E-state index contributed by atoms with van der Waals surface area (Å²) >= 11 is 5.86. The first-order valence-electron chi connectivity index (χ1n) is 9.15. The van der Waals surface area contributed by atoms with Crippen molar-refractivity contribution in [2.75, 3.05) is 18.0 Å². The van der Waals surface area contributed by atoms with Crippen molar-refractivity contribution < 1.29 is 14.0 Å². The van der Waals surface area contributed by atoms with Gasteiger partial charge >= 0.3 is 6.03 Å². The molecule has 0 bridgehead atoms. The van der Waals surface area contributed by atoms with Crippen LogP contribution in [0.1, 0.15) is 24.0 Å². The Morgan fingerprint density at radius 2 is 1.79 bits per heavy atom. The van der Waals surface area contributed by atoms with E-state index >= 15 is 0 Å². The lowest BCUT2D eigenvalue weighted by Gasteiger charge is -2.18. The van der Waals surface area contributed by atoms with Crippen LogP contribution in [-0.2, 0) is 11.3 Å². The second kappa shape index (κ2) is 7.64. The van der Waals surface area contributed by atoms with Crippen molar-refractivity contribution >= 4 is 35.3 Å². The van der Waals surface area contributed by atoms with E-state index in [4.69, 9.17) is 11.6 Å². The zero-order valence-electron chi connectivity index (χ0n) is 15.1. The summed E-state index contributed by atoms with van der Waals surface area (Å²) in [5.74, 6) is -0.768. The van der Waals surface area contributed by atoms with E-state index in [9.17, 15) is 14.0 Å². The lowest BCUT2D eigenvalue weighted by molar-refractivity contribution is -0.123. The van der Waals surface area contributed by atoms with Crippen molar-refractivity contribution in [2.24, 2.45) is 0 Å². The zero-order chi connectivity index (χ0) is 19.7. The number of nitrogens with one attached hydrogen (secondary N) is 1. The second-order valence-corrected chi connectivity index (χ2v) is 7.35. The summed E-state index contributed by atoms with van der Waals surface area (Å²) in [6.45, 7) is 1.85. The van der Waals surface area contributed by atoms with Gasteiger partial charge in [-0.25, -0.2) is 9.18 Å². The molecule has 2 saturated heterocycles. The van der Waals surface area contributed by atoms with Crippen LogP contribution in [0.3, 0.4) is 0 Å². The number of imide groups is 1. The van der Waals surface area contributed by atoms with Gasteiger partial charge in [-0.3, -0.25) is 9.69 Å². The van der Waals surface area contributed by atoms with Gasteiger partial charge < -0.3 is 10.2 Å². The van der Waals surface area contributed by atoms with Crippen LogP contribution < -0.4 is 10.2 Å². The van der Waals surface area contributed by atoms with Crippen molar-refractivity contribution in [1.29, 1.82) is 0 Å². The molecule has 0 radical (unpaired) electrons. The highest BCUT2D eigenvalue weighted by Crippen LogP contribution is 2.26. The molecule has 144 valence electrons. The molecule has 0 saturated carbocycles. The van der Waals surface area contributed by atoms with Crippen molar-refractivity contribution in [3.63, 3.8) is 0 Å². The molecular weight excluding hydrogens is 381 g/mol. The Kier molecular flexibility index (Phi) is 5.05. The highest BCUT2D eigenvalue weighted by molar-refractivity contribution is 6.30. The van der Waals surface area contributed by atoms with Crippen LogP contribution in [0.25, 0.3) is 6.08 Å². The van der Waals surface area contributed by atoms with Gasteiger partial charge in [0.1, 0.15) is 11.5 Å². The summed E-state index contributed by atoms with van der Waals surface area (Å²) in [5.41, 5.74) is 2.02. The van der Waals surface area contributed by atoms with Gasteiger partial charge in [0.15, 0.2) is 0 Å². The van der Waals surface area contributed by atoms with E-state index in [1.54, 1.807) is 36.4 Å². The summed E-state index contributed by atoms with van der Waals surface area (Å²) < 4.78 is 14.5. The van der Waals surface area contributed by atoms with Crippen LogP contribution in [-0.4, -0.2) is 29.9 Å². The molecule has 2 aliphatic heterocycles. The fourth-order valence-corrected chi connectivity index (χ4v) is 3.61. The Morgan fingerprint density at radius 1 is 1.07 bits per heavy atom. The highest BCUT2D eigenvalue weighted by atomic mass is 35.5. The molecule has 0 unspecified atom stereocenters. The second-order valence-electron chi connectivity index (χ2n) is 6.91. The zero-order valence-corrected chi connectivity index (χ0v) is 15.9. The number of carbonyl (C=O) groups excluding carboxylic acids is 2. The maximum Gasteiger partial charge on any atom is 0.329 e. The molecule has 28 heavy (non-hydrogen) atoms. The van der Waals surface area contributed by atoms with E-state index in [1.807, 2.05) is 4.90 Å². The fraction of sp³-hybridized carbons (Fsp3) is 0.238. The molecule has 0 aromatic heterocycles. The quantitative estimate of drug-likeness (QED) is 0.620. The van der Waals surface area contributed by atoms with Gasteiger partial charge in [-0.15, -0.1) is 0 Å². The largest absolute Gasteiger partial charge is 0.369 e. The third-order valence-electron chi connectivity index (χ3n) is 4.95. The number of rotatable bonds is 4. The number of hydrogen-bond acceptors (Lipinski definition) is 3. The van der Waals surface area contributed by atoms with Gasteiger partial charge in [0.05, 0.1) is 12.2 Å². The standard InChI is InChI=1S/C21H19ClFN3O2/c22-16-6-3-14(4-7-16)13-26-20(27)18(24-21(26)28)12-15-5-8-19(17(23)11-15)25-9-1-2-10-25/h3-8,11-12H,1-2,9-10,13H2,(H,24,28)/b18-12-.